The molecule has 0 radical (unpaired) electrons. The summed E-state index contributed by atoms with van der Waals surface area (Å²) in [5, 5.41) is 2.25. The van der Waals surface area contributed by atoms with E-state index in [1.54, 1.807) is 23.3 Å². The predicted molar refractivity (Wildman–Crippen MR) is 59.8 cm³/mol. The van der Waals surface area contributed by atoms with E-state index in [1.807, 2.05) is 0 Å². The van der Waals surface area contributed by atoms with E-state index in [4.69, 9.17) is 4.74 Å². The minimum absolute atomic E-state index is 0.263. The molecule has 0 saturated carbocycles. The van der Waals surface area contributed by atoms with Gasteiger partial charge >= 0.3 is 0 Å². The number of fused-ring (bicyclic) bond motifs is 1. The molecule has 1 aliphatic heterocycles. The molecular weight excluding hydrogens is 236 g/mol. The fraction of sp³-hybridized carbons (Fsp3) is 0.273. The highest BCUT2D eigenvalue weighted by Gasteiger charge is 2.28. The quantitative estimate of drug-likeness (QED) is 0.749. The molecule has 3 heterocycles. The molecule has 2 aromatic rings. The third kappa shape index (κ3) is 1.79. The summed E-state index contributed by atoms with van der Waals surface area (Å²) in [6.45, 7) is 0. The highest BCUT2D eigenvalue weighted by atomic mass is 16.5. The summed E-state index contributed by atoms with van der Waals surface area (Å²) in [4.78, 5) is 30.6. The molecule has 2 aromatic heterocycles. The Hall–Kier alpha value is -2.44. The van der Waals surface area contributed by atoms with Crippen LogP contribution < -0.4 is 10.1 Å². The molecule has 18 heavy (non-hydrogen) atoms. The predicted octanol–water partition coefficient (Wildman–Crippen LogP) is -0.0867. The van der Waals surface area contributed by atoms with E-state index in [-0.39, 0.29) is 12.3 Å². The van der Waals surface area contributed by atoms with Crippen LogP contribution in [-0.4, -0.2) is 32.3 Å². The van der Waals surface area contributed by atoms with Crippen LogP contribution in [0.5, 0.6) is 5.75 Å². The first-order valence-electron chi connectivity index (χ1n) is 5.50. The van der Waals surface area contributed by atoms with Crippen LogP contribution in [0.1, 0.15) is 12.8 Å². The second-order valence-corrected chi connectivity index (χ2v) is 4.00. The van der Waals surface area contributed by atoms with Crippen molar-refractivity contribution in [2.24, 2.45) is 0 Å². The SMILES string of the molecule is O=C1CCC(Oc2cncn3cncc23)C(=O)N1. The lowest BCUT2D eigenvalue weighted by Crippen LogP contribution is -2.46. The van der Waals surface area contributed by atoms with Crippen LogP contribution in [0.25, 0.3) is 5.52 Å². The molecule has 0 spiro atoms. The van der Waals surface area contributed by atoms with Crippen LogP contribution in [0.2, 0.25) is 0 Å². The Bertz CT molecular complexity index is 622. The van der Waals surface area contributed by atoms with Crippen molar-refractivity contribution < 1.29 is 14.3 Å². The van der Waals surface area contributed by atoms with Crippen LogP contribution in [0.4, 0.5) is 0 Å². The molecular formula is C11H10N4O3. The maximum absolute atomic E-state index is 11.6. The zero-order valence-corrected chi connectivity index (χ0v) is 9.37. The number of ether oxygens (including phenoxy) is 1. The maximum Gasteiger partial charge on any atom is 0.267 e. The van der Waals surface area contributed by atoms with Crippen LogP contribution in [0, 0.1) is 0 Å². The molecule has 0 aliphatic carbocycles. The van der Waals surface area contributed by atoms with Crippen molar-refractivity contribution in [3.05, 3.63) is 25.0 Å². The van der Waals surface area contributed by atoms with Gasteiger partial charge in [-0.25, -0.2) is 9.97 Å². The fourth-order valence-corrected chi connectivity index (χ4v) is 1.86. The van der Waals surface area contributed by atoms with E-state index < -0.39 is 12.0 Å². The Morgan fingerprint density at radius 1 is 1.28 bits per heavy atom. The van der Waals surface area contributed by atoms with Gasteiger partial charge in [0.15, 0.2) is 11.9 Å². The second kappa shape index (κ2) is 4.10. The number of nitrogens with zero attached hydrogens (tertiary/aromatic N) is 3. The van der Waals surface area contributed by atoms with Gasteiger partial charge < -0.3 is 4.74 Å². The van der Waals surface area contributed by atoms with Gasteiger partial charge in [-0.05, 0) is 0 Å². The van der Waals surface area contributed by atoms with Gasteiger partial charge in [0.25, 0.3) is 5.91 Å². The molecule has 0 aromatic carbocycles. The Labute approximate surface area is 102 Å². The number of aromatic nitrogens is 3. The lowest BCUT2D eigenvalue weighted by molar-refractivity contribution is -0.138. The van der Waals surface area contributed by atoms with Gasteiger partial charge in [0.05, 0.1) is 12.4 Å². The molecule has 92 valence electrons. The minimum atomic E-state index is -0.661. The zero-order chi connectivity index (χ0) is 12.5. The highest BCUT2D eigenvalue weighted by Crippen LogP contribution is 2.21. The summed E-state index contributed by atoms with van der Waals surface area (Å²) in [7, 11) is 0. The van der Waals surface area contributed by atoms with E-state index in [0.29, 0.717) is 12.2 Å². The van der Waals surface area contributed by atoms with Crippen LogP contribution >= 0.6 is 0 Å². The maximum atomic E-state index is 11.6. The zero-order valence-electron chi connectivity index (χ0n) is 9.37. The molecule has 1 atom stereocenters. The van der Waals surface area contributed by atoms with Gasteiger partial charge in [-0.3, -0.25) is 19.3 Å². The minimum Gasteiger partial charge on any atom is -0.477 e. The van der Waals surface area contributed by atoms with Gasteiger partial charge in [0.2, 0.25) is 5.91 Å². The molecule has 7 heteroatoms. The second-order valence-electron chi connectivity index (χ2n) is 4.00. The molecule has 1 N–H and O–H groups in total. The Kier molecular flexibility index (Phi) is 2.44. The smallest absolute Gasteiger partial charge is 0.267 e. The summed E-state index contributed by atoms with van der Waals surface area (Å²) in [5.74, 6) is -0.196. The third-order valence-electron chi connectivity index (χ3n) is 2.76. The fourth-order valence-electron chi connectivity index (χ4n) is 1.86. The summed E-state index contributed by atoms with van der Waals surface area (Å²) in [6.07, 6.45) is 6.35. The normalized spacial score (nSPS) is 19.9. The monoisotopic (exact) mass is 246 g/mol. The topological polar surface area (TPSA) is 85.6 Å². The van der Waals surface area contributed by atoms with E-state index in [1.165, 1.54) is 6.20 Å². The number of rotatable bonds is 2. The van der Waals surface area contributed by atoms with Crippen LogP contribution in [-0.2, 0) is 9.59 Å². The van der Waals surface area contributed by atoms with Crippen LogP contribution in [0.15, 0.2) is 25.0 Å². The van der Waals surface area contributed by atoms with Crippen LogP contribution in [0.3, 0.4) is 0 Å². The molecule has 1 fully saturated rings. The number of imide groups is 1. The molecule has 1 aliphatic rings. The Morgan fingerprint density at radius 2 is 2.06 bits per heavy atom. The van der Waals surface area contributed by atoms with Gasteiger partial charge in [-0.2, -0.15) is 0 Å². The van der Waals surface area contributed by atoms with Gasteiger partial charge in [0.1, 0.15) is 18.2 Å². The average molecular weight is 246 g/mol. The Morgan fingerprint density at radius 3 is 2.83 bits per heavy atom. The van der Waals surface area contributed by atoms with Crippen molar-refractivity contribution in [2.45, 2.75) is 18.9 Å². The lowest BCUT2D eigenvalue weighted by Gasteiger charge is -2.21. The molecule has 3 rings (SSSR count). The highest BCUT2D eigenvalue weighted by molar-refractivity contribution is 6.00. The number of nitrogens with one attached hydrogen (secondary N) is 1. The molecule has 2 amide bonds. The third-order valence-corrected chi connectivity index (χ3v) is 2.76. The molecule has 1 unspecified atom stereocenters. The van der Waals surface area contributed by atoms with Crippen molar-refractivity contribution in [3.8, 4) is 5.75 Å². The summed E-state index contributed by atoms with van der Waals surface area (Å²) in [5.41, 5.74) is 0.731. The molecule has 0 bridgehead atoms. The molecule has 7 nitrogen and oxygen atoms in total. The Balaban J connectivity index is 1.86. The van der Waals surface area contributed by atoms with Crippen molar-refractivity contribution in [1.82, 2.24) is 19.7 Å². The van der Waals surface area contributed by atoms with Gasteiger partial charge in [-0.1, -0.05) is 0 Å². The van der Waals surface area contributed by atoms with Crippen molar-refractivity contribution in [3.63, 3.8) is 0 Å². The first-order valence-corrected chi connectivity index (χ1v) is 5.50. The van der Waals surface area contributed by atoms with Crippen molar-refractivity contribution in [2.75, 3.05) is 0 Å². The lowest BCUT2D eigenvalue weighted by atomic mass is 10.1. The van der Waals surface area contributed by atoms with Crippen molar-refractivity contribution in [1.29, 1.82) is 0 Å². The number of carbonyl (C=O) groups excluding carboxylic acids is 2. The first-order chi connectivity index (χ1) is 8.74. The molecule has 1 saturated heterocycles. The standard InChI is InChI=1S/C11H10N4O3/c16-10-2-1-8(11(17)14-10)18-9-4-13-6-15-5-12-3-7(9)15/h3-6,8H,1-2H2,(H,14,16,17). The summed E-state index contributed by atoms with van der Waals surface area (Å²) >= 11 is 0. The summed E-state index contributed by atoms with van der Waals surface area (Å²) in [6, 6.07) is 0. The number of carbonyl (C=O) groups is 2. The largest absolute Gasteiger partial charge is 0.477 e. The number of piperidine rings is 1. The van der Waals surface area contributed by atoms with E-state index in [2.05, 4.69) is 15.3 Å². The van der Waals surface area contributed by atoms with Gasteiger partial charge in [0, 0.05) is 12.8 Å². The summed E-state index contributed by atoms with van der Waals surface area (Å²) < 4.78 is 7.30. The number of amides is 2. The number of hydrogen-bond donors (Lipinski definition) is 1. The number of imidazole rings is 1. The van der Waals surface area contributed by atoms with E-state index in [0.717, 1.165) is 5.52 Å². The average Bonchev–Trinajstić information content (AvgIpc) is 2.82. The number of hydrogen-bond acceptors (Lipinski definition) is 5. The van der Waals surface area contributed by atoms with Crippen molar-refractivity contribution >= 4 is 17.3 Å². The first kappa shape index (κ1) is 10.7. The van der Waals surface area contributed by atoms with Gasteiger partial charge in [-0.15, -0.1) is 0 Å². The van der Waals surface area contributed by atoms with E-state index in [9.17, 15) is 9.59 Å². The van der Waals surface area contributed by atoms with E-state index >= 15 is 0 Å².